The van der Waals surface area contributed by atoms with E-state index in [1.165, 1.54) is 0 Å². The number of hydrogen-bond donors (Lipinski definition) is 0. The second-order valence-electron chi connectivity index (χ2n) is 4.13. The van der Waals surface area contributed by atoms with Gasteiger partial charge in [0, 0.05) is 19.1 Å². The fraction of sp³-hybridized carbons (Fsp3) is 0.727. The number of nitrogens with zero attached hydrogens (tertiary/aromatic N) is 1. The molecule has 0 aliphatic rings. The quantitative estimate of drug-likeness (QED) is 0.559. The number of methoxy groups -OCH3 is 1. The molecule has 1 heterocycles. The monoisotopic (exact) mass is 263 g/mol. The summed E-state index contributed by atoms with van der Waals surface area (Å²) in [4.78, 5) is 4.31. The third kappa shape index (κ3) is 4.78. The zero-order chi connectivity index (χ0) is 12.0. The molecule has 0 saturated carbocycles. The summed E-state index contributed by atoms with van der Waals surface area (Å²) in [6.07, 6.45) is 0.872. The second-order valence-corrected chi connectivity index (χ2v) is 5.34. The zero-order valence-electron chi connectivity index (χ0n) is 9.96. The van der Waals surface area contributed by atoms with Crippen LogP contribution in [0, 0.1) is 0 Å². The third-order valence-electron chi connectivity index (χ3n) is 2.36. The van der Waals surface area contributed by atoms with E-state index in [0.29, 0.717) is 19.1 Å². The van der Waals surface area contributed by atoms with Crippen LogP contribution in [0.15, 0.2) is 5.38 Å². The van der Waals surface area contributed by atoms with E-state index in [1.807, 2.05) is 19.2 Å². The molecule has 0 spiro atoms. The summed E-state index contributed by atoms with van der Waals surface area (Å²) in [5, 5.41) is 2.94. The van der Waals surface area contributed by atoms with Crippen molar-refractivity contribution in [3.63, 3.8) is 0 Å². The van der Waals surface area contributed by atoms with Gasteiger partial charge in [-0.05, 0) is 20.3 Å². The lowest BCUT2D eigenvalue weighted by Gasteiger charge is -2.22. The van der Waals surface area contributed by atoms with Gasteiger partial charge in [-0.1, -0.05) is 0 Å². The zero-order valence-corrected chi connectivity index (χ0v) is 11.5. The molecule has 16 heavy (non-hydrogen) atoms. The molecule has 92 valence electrons. The van der Waals surface area contributed by atoms with Crippen molar-refractivity contribution in [2.75, 3.05) is 13.7 Å². The van der Waals surface area contributed by atoms with Crippen molar-refractivity contribution in [2.45, 2.75) is 38.4 Å². The largest absolute Gasteiger partial charge is 0.379 e. The van der Waals surface area contributed by atoms with Crippen LogP contribution in [0.25, 0.3) is 0 Å². The van der Waals surface area contributed by atoms with E-state index in [1.54, 1.807) is 18.4 Å². The number of halogens is 1. The molecule has 3 nitrogen and oxygen atoms in total. The van der Waals surface area contributed by atoms with Crippen LogP contribution in [0.4, 0.5) is 0 Å². The normalized spacial score (nSPS) is 12.0. The summed E-state index contributed by atoms with van der Waals surface area (Å²) in [6.45, 7) is 5.33. The van der Waals surface area contributed by atoms with Crippen molar-refractivity contribution >= 4 is 22.9 Å². The van der Waals surface area contributed by atoms with Crippen LogP contribution in [0.1, 0.15) is 31.0 Å². The van der Waals surface area contributed by atoms with Gasteiger partial charge in [-0.15, -0.1) is 22.9 Å². The molecule has 0 bridgehead atoms. The van der Waals surface area contributed by atoms with Gasteiger partial charge >= 0.3 is 0 Å². The molecule has 1 aromatic rings. The van der Waals surface area contributed by atoms with Crippen molar-refractivity contribution in [3.05, 3.63) is 16.1 Å². The molecule has 5 heteroatoms. The van der Waals surface area contributed by atoms with Gasteiger partial charge in [0.05, 0.1) is 23.8 Å². The number of alkyl halides is 1. The molecule has 0 unspecified atom stereocenters. The molecular formula is C11H18ClNO2S. The summed E-state index contributed by atoms with van der Waals surface area (Å²) < 4.78 is 10.8. The molecule has 0 amide bonds. The van der Waals surface area contributed by atoms with E-state index < -0.39 is 0 Å². The highest BCUT2D eigenvalue weighted by Crippen LogP contribution is 2.15. The van der Waals surface area contributed by atoms with Gasteiger partial charge in [-0.25, -0.2) is 4.98 Å². The first-order valence-electron chi connectivity index (χ1n) is 5.19. The van der Waals surface area contributed by atoms with E-state index in [2.05, 4.69) is 4.98 Å². The highest BCUT2D eigenvalue weighted by atomic mass is 35.5. The van der Waals surface area contributed by atoms with Crippen LogP contribution in [-0.2, 0) is 22.0 Å². The van der Waals surface area contributed by atoms with Gasteiger partial charge < -0.3 is 9.47 Å². The topological polar surface area (TPSA) is 31.4 Å². The Bertz CT molecular complexity index is 315. The summed E-state index contributed by atoms with van der Waals surface area (Å²) >= 11 is 7.25. The maximum absolute atomic E-state index is 5.67. The Morgan fingerprint density at radius 1 is 1.50 bits per heavy atom. The maximum atomic E-state index is 5.67. The summed E-state index contributed by atoms with van der Waals surface area (Å²) in [5.41, 5.74) is 0.798. The lowest BCUT2D eigenvalue weighted by atomic mass is 10.1. The second kappa shape index (κ2) is 6.55. The van der Waals surface area contributed by atoms with Gasteiger partial charge in [-0.2, -0.15) is 0 Å². The van der Waals surface area contributed by atoms with Crippen LogP contribution in [0.5, 0.6) is 0 Å². The molecule has 0 saturated heterocycles. The van der Waals surface area contributed by atoms with Crippen molar-refractivity contribution in [3.8, 4) is 0 Å². The Kier molecular flexibility index (Phi) is 5.69. The van der Waals surface area contributed by atoms with E-state index in [0.717, 1.165) is 17.1 Å². The minimum absolute atomic E-state index is 0.121. The molecule has 1 aromatic heterocycles. The standard InChI is InChI=1S/C11H18ClNO2S/c1-11(2,14-3)4-5-15-7-10-13-9(6-12)8-16-10/h8H,4-7H2,1-3H3. The number of aromatic nitrogens is 1. The van der Waals surface area contributed by atoms with Crippen molar-refractivity contribution in [2.24, 2.45) is 0 Å². The Morgan fingerprint density at radius 2 is 2.25 bits per heavy atom. The van der Waals surface area contributed by atoms with Gasteiger partial charge in [0.15, 0.2) is 0 Å². The van der Waals surface area contributed by atoms with Crippen LogP contribution >= 0.6 is 22.9 Å². The Hall–Kier alpha value is -0.160. The van der Waals surface area contributed by atoms with Crippen LogP contribution in [0.2, 0.25) is 0 Å². The van der Waals surface area contributed by atoms with E-state index in [4.69, 9.17) is 21.1 Å². The van der Waals surface area contributed by atoms with Gasteiger partial charge in [0.25, 0.3) is 0 Å². The van der Waals surface area contributed by atoms with Crippen molar-refractivity contribution < 1.29 is 9.47 Å². The molecule has 0 aliphatic carbocycles. The molecule has 0 radical (unpaired) electrons. The molecule has 1 rings (SSSR count). The highest BCUT2D eigenvalue weighted by Gasteiger charge is 2.15. The lowest BCUT2D eigenvalue weighted by Crippen LogP contribution is -2.24. The first-order valence-corrected chi connectivity index (χ1v) is 6.61. The first-order chi connectivity index (χ1) is 7.57. The van der Waals surface area contributed by atoms with E-state index in [-0.39, 0.29) is 5.60 Å². The first kappa shape index (κ1) is 13.9. The molecule has 0 atom stereocenters. The summed E-state index contributed by atoms with van der Waals surface area (Å²) in [6, 6.07) is 0. The van der Waals surface area contributed by atoms with Gasteiger partial charge in [0.2, 0.25) is 0 Å². The molecule has 0 N–H and O–H groups in total. The number of ether oxygens (including phenoxy) is 2. The smallest absolute Gasteiger partial charge is 0.119 e. The van der Waals surface area contributed by atoms with Crippen LogP contribution in [0.3, 0.4) is 0 Å². The van der Waals surface area contributed by atoms with Crippen molar-refractivity contribution in [1.29, 1.82) is 0 Å². The fourth-order valence-corrected chi connectivity index (χ4v) is 2.01. The third-order valence-corrected chi connectivity index (χ3v) is 3.51. The fourth-order valence-electron chi connectivity index (χ4n) is 1.06. The average molecular weight is 264 g/mol. The summed E-state index contributed by atoms with van der Waals surface area (Å²) in [5.74, 6) is 0.465. The molecular weight excluding hydrogens is 246 g/mol. The highest BCUT2D eigenvalue weighted by molar-refractivity contribution is 7.09. The Morgan fingerprint density at radius 3 is 2.81 bits per heavy atom. The van der Waals surface area contributed by atoms with Crippen molar-refractivity contribution in [1.82, 2.24) is 4.98 Å². The van der Waals surface area contributed by atoms with E-state index in [9.17, 15) is 0 Å². The number of rotatable bonds is 7. The van der Waals surface area contributed by atoms with E-state index >= 15 is 0 Å². The SMILES string of the molecule is COC(C)(C)CCOCc1nc(CCl)cs1. The minimum atomic E-state index is -0.121. The number of thiazole rings is 1. The average Bonchev–Trinajstić information content (AvgIpc) is 2.72. The Labute approximate surface area is 106 Å². The Balaban J connectivity index is 2.20. The van der Waals surface area contributed by atoms with Gasteiger partial charge in [0.1, 0.15) is 5.01 Å². The molecule has 0 aromatic carbocycles. The van der Waals surface area contributed by atoms with Crippen LogP contribution in [-0.4, -0.2) is 24.3 Å². The molecule has 0 aliphatic heterocycles. The predicted octanol–water partition coefficient (Wildman–Crippen LogP) is 3.21. The molecule has 0 fully saturated rings. The minimum Gasteiger partial charge on any atom is -0.379 e. The van der Waals surface area contributed by atoms with Gasteiger partial charge in [-0.3, -0.25) is 0 Å². The maximum Gasteiger partial charge on any atom is 0.119 e. The predicted molar refractivity (Wildman–Crippen MR) is 67.0 cm³/mol. The summed E-state index contributed by atoms with van der Waals surface area (Å²) in [7, 11) is 1.72. The lowest BCUT2D eigenvalue weighted by molar-refractivity contribution is -0.0124. The number of hydrogen-bond acceptors (Lipinski definition) is 4. The van der Waals surface area contributed by atoms with Crippen LogP contribution < -0.4 is 0 Å².